The average Bonchev–Trinajstić information content (AvgIpc) is 2.70. The highest BCUT2D eigenvalue weighted by atomic mass is 16.5. The SMILES string of the molecule is COc1ccc(N2CCN(C(=O)Cc3ccccc3)[C@H](C)C2=O)c(OC)c1. The molecule has 1 saturated heterocycles. The second kappa shape index (κ2) is 8.12. The molecule has 0 N–H and O–H groups in total. The summed E-state index contributed by atoms with van der Waals surface area (Å²) in [6.45, 7) is 2.67. The van der Waals surface area contributed by atoms with Crippen LogP contribution in [0, 0.1) is 0 Å². The lowest BCUT2D eigenvalue weighted by Gasteiger charge is -2.39. The van der Waals surface area contributed by atoms with Crippen molar-refractivity contribution >= 4 is 17.5 Å². The van der Waals surface area contributed by atoms with Gasteiger partial charge in [0.25, 0.3) is 0 Å². The minimum absolute atomic E-state index is 0.0385. The lowest BCUT2D eigenvalue weighted by atomic mass is 10.1. The van der Waals surface area contributed by atoms with Crippen molar-refractivity contribution in [1.82, 2.24) is 4.90 Å². The summed E-state index contributed by atoms with van der Waals surface area (Å²) in [4.78, 5) is 29.0. The zero-order valence-electron chi connectivity index (χ0n) is 15.8. The van der Waals surface area contributed by atoms with Crippen molar-refractivity contribution in [3.05, 3.63) is 54.1 Å². The predicted molar refractivity (Wildman–Crippen MR) is 103 cm³/mol. The van der Waals surface area contributed by atoms with Crippen LogP contribution in [0.2, 0.25) is 0 Å². The van der Waals surface area contributed by atoms with Crippen LogP contribution >= 0.6 is 0 Å². The first-order valence-electron chi connectivity index (χ1n) is 8.92. The molecule has 1 heterocycles. The van der Waals surface area contributed by atoms with Gasteiger partial charge in [0.2, 0.25) is 11.8 Å². The molecule has 1 fully saturated rings. The van der Waals surface area contributed by atoms with Crippen LogP contribution in [0.4, 0.5) is 5.69 Å². The number of carbonyl (C=O) groups excluding carboxylic acids is 2. The third-order valence-electron chi connectivity index (χ3n) is 4.85. The monoisotopic (exact) mass is 368 g/mol. The van der Waals surface area contributed by atoms with E-state index in [2.05, 4.69) is 0 Å². The van der Waals surface area contributed by atoms with Gasteiger partial charge in [0, 0.05) is 19.2 Å². The Morgan fingerprint density at radius 2 is 1.81 bits per heavy atom. The number of methoxy groups -OCH3 is 2. The van der Waals surface area contributed by atoms with Crippen molar-refractivity contribution in [3.63, 3.8) is 0 Å². The number of anilines is 1. The first-order chi connectivity index (χ1) is 13.0. The Balaban J connectivity index is 1.76. The number of hydrogen-bond donors (Lipinski definition) is 0. The smallest absolute Gasteiger partial charge is 0.249 e. The number of benzene rings is 2. The van der Waals surface area contributed by atoms with Crippen molar-refractivity contribution < 1.29 is 19.1 Å². The Labute approximate surface area is 159 Å². The van der Waals surface area contributed by atoms with E-state index < -0.39 is 6.04 Å². The Kier molecular flexibility index (Phi) is 5.64. The quantitative estimate of drug-likeness (QED) is 0.814. The molecule has 2 amide bonds. The Hall–Kier alpha value is -3.02. The van der Waals surface area contributed by atoms with Gasteiger partial charge in [0.15, 0.2) is 0 Å². The maximum Gasteiger partial charge on any atom is 0.249 e. The molecule has 3 rings (SSSR count). The van der Waals surface area contributed by atoms with Gasteiger partial charge in [-0.15, -0.1) is 0 Å². The predicted octanol–water partition coefficient (Wildman–Crippen LogP) is 2.51. The number of ether oxygens (including phenoxy) is 2. The summed E-state index contributed by atoms with van der Waals surface area (Å²) in [6.07, 6.45) is 0.296. The van der Waals surface area contributed by atoms with Crippen LogP contribution in [0.3, 0.4) is 0 Å². The van der Waals surface area contributed by atoms with E-state index in [0.717, 1.165) is 5.56 Å². The molecule has 27 heavy (non-hydrogen) atoms. The molecular formula is C21H24N2O4. The number of rotatable bonds is 5. The molecule has 0 unspecified atom stereocenters. The molecule has 6 heteroatoms. The van der Waals surface area contributed by atoms with Gasteiger partial charge >= 0.3 is 0 Å². The van der Waals surface area contributed by atoms with Gasteiger partial charge in [-0.05, 0) is 24.6 Å². The van der Waals surface area contributed by atoms with E-state index in [-0.39, 0.29) is 11.8 Å². The van der Waals surface area contributed by atoms with Crippen LogP contribution in [-0.4, -0.2) is 50.1 Å². The summed E-state index contributed by atoms with van der Waals surface area (Å²) in [6, 6.07) is 14.4. The van der Waals surface area contributed by atoms with E-state index >= 15 is 0 Å². The Bertz CT molecular complexity index is 822. The van der Waals surface area contributed by atoms with Gasteiger partial charge in [-0.1, -0.05) is 30.3 Å². The van der Waals surface area contributed by atoms with Crippen LogP contribution in [0.15, 0.2) is 48.5 Å². The summed E-state index contributed by atoms with van der Waals surface area (Å²) in [5.41, 5.74) is 1.63. The fourth-order valence-corrected chi connectivity index (χ4v) is 3.33. The van der Waals surface area contributed by atoms with Crippen molar-refractivity contribution in [2.75, 3.05) is 32.2 Å². The molecule has 0 aromatic heterocycles. The van der Waals surface area contributed by atoms with Crippen molar-refractivity contribution in [1.29, 1.82) is 0 Å². The normalized spacial score (nSPS) is 17.0. The molecule has 0 spiro atoms. The van der Waals surface area contributed by atoms with Crippen molar-refractivity contribution in [2.24, 2.45) is 0 Å². The van der Waals surface area contributed by atoms with Gasteiger partial charge in [-0.3, -0.25) is 9.59 Å². The molecule has 6 nitrogen and oxygen atoms in total. The molecule has 0 aliphatic carbocycles. The first-order valence-corrected chi connectivity index (χ1v) is 8.92. The third-order valence-corrected chi connectivity index (χ3v) is 4.85. The highest BCUT2D eigenvalue weighted by Gasteiger charge is 2.35. The molecule has 1 aliphatic heterocycles. The lowest BCUT2D eigenvalue weighted by molar-refractivity contribution is -0.140. The number of carbonyl (C=O) groups is 2. The minimum atomic E-state index is -0.526. The fourth-order valence-electron chi connectivity index (χ4n) is 3.33. The Morgan fingerprint density at radius 1 is 1.07 bits per heavy atom. The zero-order valence-corrected chi connectivity index (χ0v) is 15.8. The van der Waals surface area contributed by atoms with Gasteiger partial charge in [0.05, 0.1) is 26.3 Å². The van der Waals surface area contributed by atoms with E-state index in [1.54, 1.807) is 43.1 Å². The van der Waals surface area contributed by atoms with Gasteiger partial charge < -0.3 is 19.3 Å². The molecule has 1 atom stereocenters. The topological polar surface area (TPSA) is 59.1 Å². The molecule has 2 aromatic carbocycles. The van der Waals surface area contributed by atoms with Crippen LogP contribution < -0.4 is 14.4 Å². The number of amides is 2. The van der Waals surface area contributed by atoms with E-state index in [9.17, 15) is 9.59 Å². The van der Waals surface area contributed by atoms with Gasteiger partial charge in [0.1, 0.15) is 17.5 Å². The zero-order chi connectivity index (χ0) is 19.4. The van der Waals surface area contributed by atoms with E-state index in [1.807, 2.05) is 36.4 Å². The molecule has 0 radical (unpaired) electrons. The maximum absolute atomic E-state index is 13.0. The molecule has 0 bridgehead atoms. The fraction of sp³-hybridized carbons (Fsp3) is 0.333. The molecule has 0 saturated carbocycles. The minimum Gasteiger partial charge on any atom is -0.497 e. The standard InChI is InChI=1S/C21H24N2O4/c1-15-21(25)23(18-10-9-17(26-2)14-19(18)27-3)12-11-22(15)20(24)13-16-7-5-4-6-8-16/h4-10,14-15H,11-13H2,1-3H3/t15-/m1/s1. The second-order valence-corrected chi connectivity index (χ2v) is 6.45. The maximum atomic E-state index is 13.0. The number of piperazine rings is 1. The Morgan fingerprint density at radius 3 is 2.48 bits per heavy atom. The van der Waals surface area contributed by atoms with E-state index in [4.69, 9.17) is 9.47 Å². The second-order valence-electron chi connectivity index (χ2n) is 6.45. The van der Waals surface area contributed by atoms with Crippen LogP contribution in [0.5, 0.6) is 11.5 Å². The largest absolute Gasteiger partial charge is 0.497 e. The number of hydrogen-bond acceptors (Lipinski definition) is 4. The molecule has 2 aromatic rings. The summed E-state index contributed by atoms with van der Waals surface area (Å²) in [5, 5.41) is 0. The van der Waals surface area contributed by atoms with Crippen molar-refractivity contribution in [2.45, 2.75) is 19.4 Å². The summed E-state index contributed by atoms with van der Waals surface area (Å²) < 4.78 is 10.6. The average molecular weight is 368 g/mol. The van der Waals surface area contributed by atoms with Crippen LogP contribution in [-0.2, 0) is 16.0 Å². The molecule has 1 aliphatic rings. The summed E-state index contributed by atoms with van der Waals surface area (Å²) >= 11 is 0. The van der Waals surface area contributed by atoms with Crippen molar-refractivity contribution in [3.8, 4) is 11.5 Å². The summed E-state index contributed by atoms with van der Waals surface area (Å²) in [5.74, 6) is 1.07. The highest BCUT2D eigenvalue weighted by Crippen LogP contribution is 2.34. The molecule has 142 valence electrons. The van der Waals surface area contributed by atoms with Gasteiger partial charge in [-0.25, -0.2) is 0 Å². The van der Waals surface area contributed by atoms with Gasteiger partial charge in [-0.2, -0.15) is 0 Å². The summed E-state index contributed by atoms with van der Waals surface area (Å²) in [7, 11) is 3.14. The van der Waals surface area contributed by atoms with Crippen LogP contribution in [0.25, 0.3) is 0 Å². The van der Waals surface area contributed by atoms with E-state index in [0.29, 0.717) is 36.7 Å². The first kappa shape index (κ1) is 18.8. The third kappa shape index (κ3) is 3.89. The lowest BCUT2D eigenvalue weighted by Crippen LogP contribution is -2.58. The number of nitrogens with zero attached hydrogens (tertiary/aromatic N) is 2. The highest BCUT2D eigenvalue weighted by molar-refractivity contribution is 6.01. The van der Waals surface area contributed by atoms with Crippen LogP contribution in [0.1, 0.15) is 12.5 Å². The molecular weight excluding hydrogens is 344 g/mol. The van der Waals surface area contributed by atoms with E-state index in [1.165, 1.54) is 0 Å².